The minimum atomic E-state index is -5.75. The third kappa shape index (κ3) is 13.3. The van der Waals surface area contributed by atoms with E-state index in [-0.39, 0.29) is 61.0 Å². The molecule has 0 bridgehead atoms. The van der Waals surface area contributed by atoms with E-state index in [1.165, 1.54) is 72.8 Å². The summed E-state index contributed by atoms with van der Waals surface area (Å²) < 4.78 is -16.2. The number of hydrogen-bond acceptors (Lipinski definition) is 0. The third-order valence-electron chi connectivity index (χ3n) is 8.44. The molecule has 4 rings (SSSR count). The fourth-order valence-corrected chi connectivity index (χ4v) is 20.7. The molecule has 0 saturated heterocycles. The molecule has 0 saturated carbocycles. The summed E-state index contributed by atoms with van der Waals surface area (Å²) in [5.41, 5.74) is 0.0218. The first-order valence-electron chi connectivity index (χ1n) is 14.6. The topological polar surface area (TPSA) is 0 Å². The number of rotatable bonds is 4. The normalized spacial score (nSPS) is 14.3. The van der Waals surface area contributed by atoms with Gasteiger partial charge in [0.1, 0.15) is 0 Å². The van der Waals surface area contributed by atoms with Crippen molar-refractivity contribution < 1.29 is 0 Å². The van der Waals surface area contributed by atoms with E-state index in [4.69, 9.17) is 278 Å². The van der Waals surface area contributed by atoms with Crippen LogP contribution in [0.4, 0.5) is 0 Å². The van der Waals surface area contributed by atoms with Gasteiger partial charge >= 0.3 is 458 Å². The second-order valence-corrected chi connectivity index (χ2v) is 39.7. The summed E-state index contributed by atoms with van der Waals surface area (Å²) in [6.07, 6.45) is 0. The minimum absolute atomic E-state index is 0.00272. The zero-order valence-corrected chi connectivity index (χ0v) is 47.1. The Morgan fingerprint density at radius 1 is 0.193 bits per heavy atom. The monoisotopic (exact) mass is 1300 g/mol. The molecular weight excluding hydrogens is 1300 g/mol. The first-order chi connectivity index (χ1) is 25.3. The van der Waals surface area contributed by atoms with Gasteiger partial charge in [-0.3, -0.25) is 0 Å². The van der Waals surface area contributed by atoms with E-state index in [0.717, 1.165) is 0 Å². The van der Waals surface area contributed by atoms with E-state index in [9.17, 15) is 0 Å². The molecule has 4 aromatic carbocycles. The van der Waals surface area contributed by atoms with Gasteiger partial charge in [-0.15, -0.1) is 0 Å². The van der Waals surface area contributed by atoms with Gasteiger partial charge in [0.25, 0.3) is 0 Å². The average Bonchev–Trinajstić information content (AvgIpc) is 3.01. The summed E-state index contributed by atoms with van der Waals surface area (Å²) in [5.74, 6) is 0. The molecule has 0 N–H and O–H groups in total. The molecule has 0 aromatic heterocycles. The van der Waals surface area contributed by atoms with Gasteiger partial charge < -0.3 is 0 Å². The summed E-state index contributed by atoms with van der Waals surface area (Å²) >= 11 is 152. The number of benzene rings is 4. The molecular formula is C32H12Cl24Ga-. The standard InChI is InChI=1S/4C8H3Cl6.Ga/c4*9-7(10,11)5-2-1-3-6(4-5)8(12,13)14;/h4*2-4H;/q;;;;-1. The van der Waals surface area contributed by atoms with Crippen LogP contribution in [0.3, 0.4) is 0 Å². The zero-order chi connectivity index (χ0) is 43.9. The van der Waals surface area contributed by atoms with Crippen molar-refractivity contribution in [1.82, 2.24) is 0 Å². The quantitative estimate of drug-likeness (QED) is 0.141. The van der Waals surface area contributed by atoms with Crippen LogP contribution in [-0.2, 0) is 30.3 Å². The molecule has 57 heavy (non-hydrogen) atoms. The van der Waals surface area contributed by atoms with Crippen LogP contribution in [0.2, 0.25) is 0 Å². The second kappa shape index (κ2) is 18.9. The predicted molar refractivity (Wildman–Crippen MR) is 264 cm³/mol. The van der Waals surface area contributed by atoms with Crippen LogP contribution in [0.25, 0.3) is 0 Å². The fourth-order valence-electron chi connectivity index (χ4n) is 6.07. The number of alkyl halides is 24. The van der Waals surface area contributed by atoms with Gasteiger partial charge in [0, 0.05) is 0 Å². The van der Waals surface area contributed by atoms with Crippen molar-refractivity contribution in [2.24, 2.45) is 0 Å². The van der Waals surface area contributed by atoms with Crippen LogP contribution in [0.15, 0.2) is 72.8 Å². The Morgan fingerprint density at radius 3 is 0.386 bits per heavy atom. The summed E-state index contributed by atoms with van der Waals surface area (Å²) in [4.78, 5) is 0. The summed E-state index contributed by atoms with van der Waals surface area (Å²) in [6, 6.07) is 17.6. The van der Waals surface area contributed by atoms with Gasteiger partial charge in [-0.05, 0) is 0 Å². The van der Waals surface area contributed by atoms with Gasteiger partial charge in [0.15, 0.2) is 0 Å². The molecule has 0 atom stereocenters. The van der Waals surface area contributed by atoms with Crippen LogP contribution in [0.5, 0.6) is 0 Å². The van der Waals surface area contributed by atoms with Crippen molar-refractivity contribution in [2.45, 2.75) is 30.3 Å². The van der Waals surface area contributed by atoms with E-state index < -0.39 is 45.4 Å². The Balaban J connectivity index is 2.62. The van der Waals surface area contributed by atoms with E-state index in [2.05, 4.69) is 0 Å². The van der Waals surface area contributed by atoms with Gasteiger partial charge in [-0.1, -0.05) is 0 Å². The van der Waals surface area contributed by atoms with Crippen LogP contribution < -0.4 is 16.5 Å². The second-order valence-electron chi connectivity index (χ2n) is 12.2. The molecule has 0 aliphatic carbocycles. The molecule has 0 heterocycles. The maximum atomic E-state index is 6.56. The third-order valence-corrected chi connectivity index (χ3v) is 24.9. The average molecular weight is 1320 g/mol. The van der Waals surface area contributed by atoms with Crippen molar-refractivity contribution >= 4 is 310 Å². The first-order valence-corrected chi connectivity index (χ1v) is 28.5. The maximum absolute atomic E-state index is 6.56. The van der Waals surface area contributed by atoms with Gasteiger partial charge in [-0.25, -0.2) is 0 Å². The van der Waals surface area contributed by atoms with Gasteiger partial charge in [0.05, 0.1) is 0 Å². The Hall–Kier alpha value is 4.48. The van der Waals surface area contributed by atoms with Crippen LogP contribution >= 0.6 is 278 Å². The van der Waals surface area contributed by atoms with Crippen molar-refractivity contribution in [1.29, 1.82) is 0 Å². The Labute approximate surface area is 450 Å². The first kappa shape index (κ1) is 54.1. The molecule has 4 aromatic rings. The molecule has 0 aliphatic heterocycles. The molecule has 25 heteroatoms. The molecule has 0 amide bonds. The molecule has 312 valence electrons. The molecule has 0 spiro atoms. The fraction of sp³-hybridized carbons (Fsp3) is 0.250. The molecule has 0 unspecified atom stereocenters. The summed E-state index contributed by atoms with van der Waals surface area (Å²) in [7, 11) is 0. The molecule has 0 radical (unpaired) electrons. The van der Waals surface area contributed by atoms with Crippen molar-refractivity contribution in [3.05, 3.63) is 117 Å². The molecule has 0 fully saturated rings. The van der Waals surface area contributed by atoms with Crippen LogP contribution in [0, 0.1) is 0 Å². The van der Waals surface area contributed by atoms with E-state index in [0.29, 0.717) is 0 Å². The van der Waals surface area contributed by atoms with Gasteiger partial charge in [0.2, 0.25) is 0 Å². The van der Waals surface area contributed by atoms with E-state index in [1.54, 1.807) is 0 Å². The summed E-state index contributed by atoms with van der Waals surface area (Å²) in [5, 5.41) is 0. The van der Waals surface area contributed by atoms with Crippen molar-refractivity contribution in [2.75, 3.05) is 0 Å². The Bertz CT molecular complexity index is 1700. The zero-order valence-electron chi connectivity index (χ0n) is 26.6. The van der Waals surface area contributed by atoms with Gasteiger partial charge in [-0.2, -0.15) is 0 Å². The van der Waals surface area contributed by atoms with E-state index in [1.807, 2.05) is 0 Å². The predicted octanol–water partition coefficient (Wildman–Crippen LogP) is 17.7. The SMILES string of the molecule is ClC(Cl)(Cl)c1cc(C(Cl)(Cl)Cl)c[c]([Ga-]([c]2cc(C(Cl)(Cl)Cl)cc(C(Cl)(Cl)Cl)c2)([c]2cc(C(Cl)(Cl)Cl)cc(C(Cl)(Cl)Cl)c2)[c]2cc(C(Cl)(Cl)Cl)cc(C(Cl)(Cl)Cl)c2)c1. The number of hydrogen-bond donors (Lipinski definition) is 0. The number of halogens is 24. The van der Waals surface area contributed by atoms with E-state index >= 15 is 0 Å². The Kier molecular flexibility index (Phi) is 17.9. The summed E-state index contributed by atoms with van der Waals surface area (Å²) in [6.45, 7) is 0. The Morgan fingerprint density at radius 2 is 0.298 bits per heavy atom. The molecule has 0 nitrogen and oxygen atoms in total. The van der Waals surface area contributed by atoms with Crippen LogP contribution in [0.1, 0.15) is 44.5 Å². The van der Waals surface area contributed by atoms with Crippen molar-refractivity contribution in [3.8, 4) is 0 Å². The molecule has 0 aliphatic rings. The van der Waals surface area contributed by atoms with Crippen LogP contribution in [-0.4, -0.2) is 15.0 Å². The van der Waals surface area contributed by atoms with Crippen molar-refractivity contribution in [3.63, 3.8) is 0 Å².